The van der Waals surface area contributed by atoms with Gasteiger partial charge in [-0.25, -0.2) is 0 Å². The van der Waals surface area contributed by atoms with Gasteiger partial charge in [0.25, 0.3) is 0 Å². The van der Waals surface area contributed by atoms with Crippen LogP contribution < -0.4 is 5.73 Å². The molecule has 3 aromatic rings. The van der Waals surface area contributed by atoms with E-state index in [4.69, 9.17) is 17.3 Å². The third-order valence-electron chi connectivity index (χ3n) is 4.16. The highest BCUT2D eigenvalue weighted by molar-refractivity contribution is 6.34. The SMILES string of the molecule is Cc1cc2c(-c3ccccc3Cl)c(N)cnc2c(C)c1C. The summed E-state index contributed by atoms with van der Waals surface area (Å²) in [6.45, 7) is 6.34. The van der Waals surface area contributed by atoms with Crippen LogP contribution in [0, 0.1) is 20.8 Å². The molecule has 0 bridgehead atoms. The van der Waals surface area contributed by atoms with Gasteiger partial charge in [-0.1, -0.05) is 29.8 Å². The van der Waals surface area contributed by atoms with Crippen LogP contribution in [0.1, 0.15) is 16.7 Å². The molecule has 0 spiro atoms. The number of pyridine rings is 1. The molecule has 1 heterocycles. The molecule has 0 fully saturated rings. The molecular weight excluding hydrogens is 280 g/mol. The molecule has 3 heteroatoms. The van der Waals surface area contributed by atoms with Crippen LogP contribution in [0.2, 0.25) is 5.02 Å². The molecule has 0 saturated heterocycles. The summed E-state index contributed by atoms with van der Waals surface area (Å²) >= 11 is 6.37. The second-order valence-electron chi connectivity index (χ2n) is 5.41. The summed E-state index contributed by atoms with van der Waals surface area (Å²) < 4.78 is 0. The lowest BCUT2D eigenvalue weighted by Crippen LogP contribution is -1.98. The van der Waals surface area contributed by atoms with Crippen LogP contribution in [-0.4, -0.2) is 4.98 Å². The van der Waals surface area contributed by atoms with E-state index in [1.165, 1.54) is 16.7 Å². The fraction of sp³-hybridized carbons (Fsp3) is 0.167. The number of nitrogens with zero attached hydrogens (tertiary/aromatic N) is 1. The zero-order valence-electron chi connectivity index (χ0n) is 12.4. The van der Waals surface area contributed by atoms with Crippen LogP contribution in [-0.2, 0) is 0 Å². The lowest BCUT2D eigenvalue weighted by Gasteiger charge is -2.15. The molecule has 0 saturated carbocycles. The number of benzene rings is 2. The van der Waals surface area contributed by atoms with E-state index in [1.807, 2.05) is 24.3 Å². The Morgan fingerprint density at radius 1 is 1.05 bits per heavy atom. The Bertz CT molecular complexity index is 853. The largest absolute Gasteiger partial charge is 0.397 e. The van der Waals surface area contributed by atoms with Crippen molar-refractivity contribution in [2.24, 2.45) is 0 Å². The molecule has 0 aliphatic heterocycles. The molecule has 1 aromatic heterocycles. The summed E-state index contributed by atoms with van der Waals surface area (Å²) in [7, 11) is 0. The van der Waals surface area contributed by atoms with Gasteiger partial charge in [0.15, 0.2) is 0 Å². The van der Waals surface area contributed by atoms with Crippen LogP contribution >= 0.6 is 11.6 Å². The predicted octanol–water partition coefficient (Wildman–Crippen LogP) is 5.06. The zero-order chi connectivity index (χ0) is 15.1. The molecule has 0 atom stereocenters. The van der Waals surface area contributed by atoms with Crippen LogP contribution in [0.3, 0.4) is 0 Å². The Morgan fingerprint density at radius 3 is 2.48 bits per heavy atom. The minimum absolute atomic E-state index is 0.651. The van der Waals surface area contributed by atoms with Gasteiger partial charge in [0, 0.05) is 21.5 Å². The molecule has 21 heavy (non-hydrogen) atoms. The van der Waals surface area contributed by atoms with Gasteiger partial charge in [-0.3, -0.25) is 4.98 Å². The van der Waals surface area contributed by atoms with E-state index in [1.54, 1.807) is 6.20 Å². The highest BCUT2D eigenvalue weighted by Crippen LogP contribution is 2.38. The fourth-order valence-corrected chi connectivity index (χ4v) is 2.97. The lowest BCUT2D eigenvalue weighted by atomic mass is 9.93. The first-order chi connectivity index (χ1) is 10.0. The van der Waals surface area contributed by atoms with Crippen molar-refractivity contribution in [3.8, 4) is 11.1 Å². The Balaban J connectivity index is 2.48. The molecule has 2 aromatic carbocycles. The molecule has 3 rings (SSSR count). The first-order valence-corrected chi connectivity index (χ1v) is 7.28. The summed E-state index contributed by atoms with van der Waals surface area (Å²) in [5, 5.41) is 1.76. The number of nitrogens with two attached hydrogens (primary N) is 1. The lowest BCUT2D eigenvalue weighted by molar-refractivity contribution is 1.26. The molecule has 0 unspecified atom stereocenters. The number of hydrogen-bond donors (Lipinski definition) is 1. The van der Waals surface area contributed by atoms with Gasteiger partial charge in [0.1, 0.15) is 0 Å². The van der Waals surface area contributed by atoms with Gasteiger partial charge in [-0.05, 0) is 49.6 Å². The summed E-state index contributed by atoms with van der Waals surface area (Å²) in [6, 6.07) is 9.93. The minimum Gasteiger partial charge on any atom is -0.397 e. The molecule has 0 radical (unpaired) electrons. The minimum atomic E-state index is 0.651. The fourth-order valence-electron chi connectivity index (χ4n) is 2.74. The number of rotatable bonds is 1. The molecule has 2 nitrogen and oxygen atoms in total. The van der Waals surface area contributed by atoms with Crippen LogP contribution in [0.25, 0.3) is 22.0 Å². The number of hydrogen-bond acceptors (Lipinski definition) is 2. The topological polar surface area (TPSA) is 38.9 Å². The van der Waals surface area contributed by atoms with Gasteiger partial charge in [-0.2, -0.15) is 0 Å². The molecule has 106 valence electrons. The second-order valence-corrected chi connectivity index (χ2v) is 5.82. The van der Waals surface area contributed by atoms with Crippen molar-refractivity contribution in [3.63, 3.8) is 0 Å². The van der Waals surface area contributed by atoms with Crippen molar-refractivity contribution in [1.29, 1.82) is 0 Å². The van der Waals surface area contributed by atoms with Gasteiger partial charge in [-0.15, -0.1) is 0 Å². The number of nitrogen functional groups attached to an aromatic ring is 1. The summed E-state index contributed by atoms with van der Waals surface area (Å²) in [5.74, 6) is 0. The monoisotopic (exact) mass is 296 g/mol. The summed E-state index contributed by atoms with van der Waals surface area (Å²) in [4.78, 5) is 4.53. The van der Waals surface area contributed by atoms with Crippen molar-refractivity contribution in [1.82, 2.24) is 4.98 Å². The molecule has 0 aliphatic carbocycles. The third-order valence-corrected chi connectivity index (χ3v) is 4.49. The maximum absolute atomic E-state index is 6.37. The van der Waals surface area contributed by atoms with E-state index in [9.17, 15) is 0 Å². The van der Waals surface area contributed by atoms with Gasteiger partial charge in [0.2, 0.25) is 0 Å². The van der Waals surface area contributed by atoms with Gasteiger partial charge < -0.3 is 5.73 Å². The number of aromatic nitrogens is 1. The zero-order valence-corrected chi connectivity index (χ0v) is 13.1. The Labute approximate surface area is 129 Å². The average Bonchev–Trinajstić information content (AvgIpc) is 2.46. The van der Waals surface area contributed by atoms with E-state index in [0.29, 0.717) is 10.7 Å². The van der Waals surface area contributed by atoms with E-state index in [-0.39, 0.29) is 0 Å². The molecule has 2 N–H and O–H groups in total. The van der Waals surface area contributed by atoms with Crippen LogP contribution in [0.5, 0.6) is 0 Å². The average molecular weight is 297 g/mol. The summed E-state index contributed by atoms with van der Waals surface area (Å²) in [6.07, 6.45) is 1.72. The predicted molar refractivity (Wildman–Crippen MR) is 90.8 cm³/mol. The molecule has 0 aliphatic rings. The van der Waals surface area contributed by atoms with Gasteiger partial charge in [0.05, 0.1) is 17.4 Å². The Kier molecular flexibility index (Phi) is 3.34. The van der Waals surface area contributed by atoms with E-state index in [2.05, 4.69) is 31.8 Å². The van der Waals surface area contributed by atoms with Gasteiger partial charge >= 0.3 is 0 Å². The standard InChI is InChI=1S/C18H17ClN2/c1-10-8-14-17(13-6-4-5-7-15(13)19)16(20)9-21-18(14)12(3)11(10)2/h4-9H,20H2,1-3H3. The summed E-state index contributed by atoms with van der Waals surface area (Å²) in [5.41, 5.74) is 13.5. The molecular formula is C18H17ClN2. The van der Waals surface area contributed by atoms with Crippen LogP contribution in [0.4, 0.5) is 5.69 Å². The highest BCUT2D eigenvalue weighted by Gasteiger charge is 2.15. The van der Waals surface area contributed by atoms with Crippen molar-refractivity contribution in [2.45, 2.75) is 20.8 Å². The maximum Gasteiger partial charge on any atom is 0.0741 e. The van der Waals surface area contributed by atoms with E-state index < -0.39 is 0 Å². The first kappa shape index (κ1) is 13.9. The first-order valence-electron chi connectivity index (χ1n) is 6.90. The third kappa shape index (κ3) is 2.16. The number of anilines is 1. The Morgan fingerprint density at radius 2 is 1.76 bits per heavy atom. The normalized spacial score (nSPS) is 11.0. The quantitative estimate of drug-likeness (QED) is 0.681. The van der Waals surface area contributed by atoms with Crippen molar-refractivity contribution in [3.05, 3.63) is 58.2 Å². The highest BCUT2D eigenvalue weighted by atomic mass is 35.5. The number of fused-ring (bicyclic) bond motifs is 1. The second kappa shape index (κ2) is 5.05. The van der Waals surface area contributed by atoms with Crippen molar-refractivity contribution >= 4 is 28.2 Å². The maximum atomic E-state index is 6.37. The smallest absolute Gasteiger partial charge is 0.0741 e. The van der Waals surface area contributed by atoms with E-state index >= 15 is 0 Å². The molecule has 0 amide bonds. The number of aryl methyl sites for hydroxylation is 2. The van der Waals surface area contributed by atoms with Crippen molar-refractivity contribution < 1.29 is 0 Å². The van der Waals surface area contributed by atoms with Crippen LogP contribution in [0.15, 0.2) is 36.5 Å². The Hall–Kier alpha value is -2.06. The number of halogens is 1. The van der Waals surface area contributed by atoms with Crippen molar-refractivity contribution in [2.75, 3.05) is 5.73 Å². The van der Waals surface area contributed by atoms with E-state index in [0.717, 1.165) is 22.0 Å².